The molecule has 6 heteroatoms. The average Bonchev–Trinajstić information content (AvgIpc) is 3.08. The Bertz CT molecular complexity index is 614. The number of anilines is 1. The molecule has 1 amide bonds. The molecule has 2 fully saturated rings. The minimum absolute atomic E-state index is 0.0537. The summed E-state index contributed by atoms with van der Waals surface area (Å²) in [5.41, 5.74) is 0.836. The van der Waals surface area contributed by atoms with Crippen LogP contribution >= 0.6 is 0 Å². The molecule has 1 aromatic rings. The van der Waals surface area contributed by atoms with E-state index in [9.17, 15) is 9.59 Å². The monoisotopic (exact) mass is 332 g/mol. The molecule has 1 aromatic heterocycles. The van der Waals surface area contributed by atoms with Gasteiger partial charge in [-0.15, -0.1) is 0 Å². The zero-order valence-electron chi connectivity index (χ0n) is 14.5. The van der Waals surface area contributed by atoms with Crippen LogP contribution in [0, 0.1) is 5.92 Å². The molecule has 24 heavy (non-hydrogen) atoms. The van der Waals surface area contributed by atoms with Crippen LogP contribution < -0.4 is 15.8 Å². The molecule has 132 valence electrons. The highest BCUT2D eigenvalue weighted by atomic mass is 16.1. The molecule has 0 atom stereocenters. The van der Waals surface area contributed by atoms with Gasteiger partial charge in [-0.25, -0.2) is 4.68 Å². The summed E-state index contributed by atoms with van der Waals surface area (Å²) in [5.74, 6) is 0.814. The largest absolute Gasteiger partial charge is 0.370 e. The third-order valence-electron chi connectivity index (χ3n) is 5.33. The second-order valence-corrected chi connectivity index (χ2v) is 7.05. The van der Waals surface area contributed by atoms with Crippen molar-refractivity contribution in [2.45, 2.75) is 64.5 Å². The molecular formula is C18H28N4O2. The van der Waals surface area contributed by atoms with Crippen molar-refractivity contribution in [1.29, 1.82) is 0 Å². The predicted octanol–water partition coefficient (Wildman–Crippen LogP) is 1.93. The molecule has 0 aromatic carbocycles. The van der Waals surface area contributed by atoms with Gasteiger partial charge in [0.15, 0.2) is 0 Å². The molecule has 3 rings (SSSR count). The van der Waals surface area contributed by atoms with Crippen molar-refractivity contribution in [1.82, 2.24) is 15.1 Å². The summed E-state index contributed by atoms with van der Waals surface area (Å²) in [6, 6.07) is 1.93. The van der Waals surface area contributed by atoms with Crippen LogP contribution in [-0.4, -0.2) is 34.8 Å². The number of amides is 1. The quantitative estimate of drug-likeness (QED) is 0.895. The van der Waals surface area contributed by atoms with Gasteiger partial charge in [-0.2, -0.15) is 5.10 Å². The molecule has 6 nitrogen and oxygen atoms in total. The van der Waals surface area contributed by atoms with Crippen molar-refractivity contribution < 1.29 is 4.79 Å². The van der Waals surface area contributed by atoms with Gasteiger partial charge in [0.25, 0.3) is 5.56 Å². The zero-order chi connectivity index (χ0) is 16.9. The van der Waals surface area contributed by atoms with Crippen LogP contribution in [0.5, 0.6) is 0 Å². The lowest BCUT2D eigenvalue weighted by molar-refractivity contribution is -0.122. The number of nitrogens with one attached hydrogen (secondary N) is 1. The Kier molecular flexibility index (Phi) is 5.53. The first-order valence-electron chi connectivity index (χ1n) is 9.27. The van der Waals surface area contributed by atoms with Gasteiger partial charge in [0.2, 0.25) is 5.91 Å². The summed E-state index contributed by atoms with van der Waals surface area (Å²) in [7, 11) is 0. The Morgan fingerprint density at radius 2 is 1.96 bits per heavy atom. The first kappa shape index (κ1) is 17.0. The minimum Gasteiger partial charge on any atom is -0.370 e. The highest BCUT2D eigenvalue weighted by Gasteiger charge is 2.23. The van der Waals surface area contributed by atoms with Gasteiger partial charge in [-0.1, -0.05) is 12.8 Å². The number of piperidine rings is 1. The second kappa shape index (κ2) is 7.81. The molecule has 0 bridgehead atoms. The fourth-order valence-electron chi connectivity index (χ4n) is 3.88. The van der Waals surface area contributed by atoms with Crippen molar-refractivity contribution in [3.05, 3.63) is 22.6 Å². The zero-order valence-corrected chi connectivity index (χ0v) is 14.5. The molecule has 2 heterocycles. The maximum atomic E-state index is 12.2. The minimum atomic E-state index is -0.0537. The molecule has 1 aliphatic heterocycles. The summed E-state index contributed by atoms with van der Waals surface area (Å²) in [6.45, 7) is 4.21. The predicted molar refractivity (Wildman–Crippen MR) is 94.1 cm³/mol. The number of rotatable bonds is 5. The Hall–Kier alpha value is -1.85. The lowest BCUT2D eigenvalue weighted by atomic mass is 10.0. The van der Waals surface area contributed by atoms with E-state index < -0.39 is 0 Å². The molecular weight excluding hydrogens is 304 g/mol. The highest BCUT2D eigenvalue weighted by Crippen LogP contribution is 2.27. The highest BCUT2D eigenvalue weighted by molar-refractivity contribution is 5.76. The van der Waals surface area contributed by atoms with Crippen LogP contribution in [0.15, 0.2) is 17.1 Å². The van der Waals surface area contributed by atoms with E-state index in [2.05, 4.69) is 15.3 Å². The third-order valence-corrected chi connectivity index (χ3v) is 5.33. The lowest BCUT2D eigenvalue weighted by Crippen LogP contribution is -2.45. The number of aromatic nitrogens is 2. The second-order valence-electron chi connectivity index (χ2n) is 7.05. The van der Waals surface area contributed by atoms with E-state index in [4.69, 9.17) is 0 Å². The van der Waals surface area contributed by atoms with Gasteiger partial charge >= 0.3 is 0 Å². The number of aryl methyl sites for hydroxylation is 1. The molecule has 2 aliphatic rings. The van der Waals surface area contributed by atoms with E-state index in [0.717, 1.165) is 31.6 Å². The average molecular weight is 332 g/mol. The van der Waals surface area contributed by atoms with Gasteiger partial charge in [0.05, 0.1) is 11.9 Å². The topological polar surface area (TPSA) is 67.2 Å². The van der Waals surface area contributed by atoms with Crippen LogP contribution in [0.3, 0.4) is 0 Å². The van der Waals surface area contributed by atoms with Gasteiger partial charge in [0, 0.05) is 38.2 Å². The maximum absolute atomic E-state index is 12.2. The third kappa shape index (κ3) is 4.16. The summed E-state index contributed by atoms with van der Waals surface area (Å²) in [4.78, 5) is 26.2. The SMILES string of the molecule is CCn1ncc(N2CCC(NC(=O)CC3CCCC3)CC2)cc1=O. The standard InChI is InChI=1S/C18H28N4O2/c1-2-22-18(24)12-16(13-19-22)21-9-7-15(8-10-21)20-17(23)11-14-5-3-4-6-14/h12-15H,2-11H2,1H3,(H,20,23). The van der Waals surface area contributed by atoms with Crippen LogP contribution in [0.4, 0.5) is 5.69 Å². The first-order valence-corrected chi connectivity index (χ1v) is 9.27. The smallest absolute Gasteiger partial charge is 0.268 e. The number of carbonyl (C=O) groups excluding carboxylic acids is 1. The molecule has 1 saturated heterocycles. The molecule has 1 saturated carbocycles. The maximum Gasteiger partial charge on any atom is 0.268 e. The van der Waals surface area contributed by atoms with Crippen LogP contribution in [0.25, 0.3) is 0 Å². The molecule has 1 N–H and O–H groups in total. The van der Waals surface area contributed by atoms with E-state index in [-0.39, 0.29) is 17.5 Å². The molecule has 0 radical (unpaired) electrons. The van der Waals surface area contributed by atoms with Crippen molar-refractivity contribution in [2.75, 3.05) is 18.0 Å². The number of hydrogen-bond donors (Lipinski definition) is 1. The number of carbonyl (C=O) groups is 1. The van der Waals surface area contributed by atoms with E-state index in [1.165, 1.54) is 30.4 Å². The fraction of sp³-hybridized carbons (Fsp3) is 0.722. The summed E-state index contributed by atoms with van der Waals surface area (Å²) < 4.78 is 1.46. The van der Waals surface area contributed by atoms with E-state index in [1.807, 2.05) is 6.92 Å². The summed E-state index contributed by atoms with van der Waals surface area (Å²) >= 11 is 0. The van der Waals surface area contributed by atoms with E-state index >= 15 is 0 Å². The Balaban J connectivity index is 1.47. The van der Waals surface area contributed by atoms with E-state index in [1.54, 1.807) is 12.3 Å². The van der Waals surface area contributed by atoms with Gasteiger partial charge in [0.1, 0.15) is 0 Å². The lowest BCUT2D eigenvalue weighted by Gasteiger charge is -2.33. The van der Waals surface area contributed by atoms with Gasteiger partial charge in [-0.05, 0) is 38.5 Å². The number of nitrogens with zero attached hydrogens (tertiary/aromatic N) is 3. The van der Waals surface area contributed by atoms with Crippen LogP contribution in [-0.2, 0) is 11.3 Å². The van der Waals surface area contributed by atoms with Crippen molar-refractivity contribution >= 4 is 11.6 Å². The van der Waals surface area contributed by atoms with Gasteiger partial charge in [-0.3, -0.25) is 9.59 Å². The molecule has 0 unspecified atom stereocenters. The Morgan fingerprint density at radius 1 is 1.25 bits per heavy atom. The Morgan fingerprint density at radius 3 is 2.58 bits per heavy atom. The molecule has 0 spiro atoms. The van der Waals surface area contributed by atoms with E-state index in [0.29, 0.717) is 18.9 Å². The summed E-state index contributed by atoms with van der Waals surface area (Å²) in [5, 5.41) is 7.39. The summed E-state index contributed by atoms with van der Waals surface area (Å²) in [6.07, 6.45) is 9.29. The Labute approximate surface area is 143 Å². The van der Waals surface area contributed by atoms with Crippen LogP contribution in [0.1, 0.15) is 51.9 Å². The van der Waals surface area contributed by atoms with Crippen molar-refractivity contribution in [3.63, 3.8) is 0 Å². The van der Waals surface area contributed by atoms with Crippen LogP contribution in [0.2, 0.25) is 0 Å². The fourth-order valence-corrected chi connectivity index (χ4v) is 3.88. The molecule has 1 aliphatic carbocycles. The number of hydrogen-bond acceptors (Lipinski definition) is 4. The normalized spacial score (nSPS) is 19.6. The van der Waals surface area contributed by atoms with Crippen molar-refractivity contribution in [3.8, 4) is 0 Å². The van der Waals surface area contributed by atoms with Crippen molar-refractivity contribution in [2.24, 2.45) is 5.92 Å². The first-order chi connectivity index (χ1) is 11.7. The van der Waals surface area contributed by atoms with Gasteiger partial charge < -0.3 is 10.2 Å².